The number of rotatable bonds is 10. The first-order valence-corrected chi connectivity index (χ1v) is 13.5. The third kappa shape index (κ3) is 5.53. The van der Waals surface area contributed by atoms with Crippen molar-refractivity contribution >= 4 is 46.0 Å². The van der Waals surface area contributed by atoms with E-state index in [9.17, 15) is 19.6 Å². The molecule has 0 aliphatic carbocycles. The van der Waals surface area contributed by atoms with Crippen LogP contribution in [0.15, 0.2) is 54.1 Å². The Morgan fingerprint density at radius 3 is 2.35 bits per heavy atom. The number of H-pyrrole nitrogens is 1. The summed E-state index contributed by atoms with van der Waals surface area (Å²) in [5, 5.41) is 10.8. The van der Waals surface area contributed by atoms with Gasteiger partial charge >= 0.3 is 11.9 Å². The van der Waals surface area contributed by atoms with Crippen molar-refractivity contribution in [1.29, 1.82) is 5.26 Å². The maximum Gasteiger partial charge on any atom is 0.348 e. The first kappa shape index (κ1) is 28.3. The van der Waals surface area contributed by atoms with Gasteiger partial charge in [0.05, 0.1) is 42.7 Å². The molecule has 9 heteroatoms. The second kappa shape index (κ2) is 12.5. The Bertz CT molecular complexity index is 1660. The van der Waals surface area contributed by atoms with Crippen molar-refractivity contribution in [2.45, 2.75) is 27.2 Å². The molecule has 0 aliphatic rings. The molecule has 2 aromatic carbocycles. The Balaban J connectivity index is 1.81. The van der Waals surface area contributed by atoms with Crippen LogP contribution in [0, 0.1) is 18.3 Å². The minimum Gasteiger partial charge on any atom is -0.495 e. The van der Waals surface area contributed by atoms with Gasteiger partial charge in [-0.15, -0.1) is 11.3 Å². The zero-order chi connectivity index (χ0) is 28.8. The molecule has 2 heterocycles. The lowest BCUT2D eigenvalue weighted by Gasteiger charge is -2.06. The SMILES string of the molecule is CCOC(=O)c1sc(CC(=O)/C(C#N)=C/c2c(-c3ccccc3)[nH]c3c(OC)cccc23)c(C(=O)OCC)c1C. The second-order valence-corrected chi connectivity index (χ2v) is 9.83. The first-order valence-electron chi connectivity index (χ1n) is 12.7. The van der Waals surface area contributed by atoms with Gasteiger partial charge in [0, 0.05) is 22.2 Å². The Hall–Kier alpha value is -4.68. The number of fused-ring (bicyclic) bond motifs is 1. The fraction of sp³-hybridized carbons (Fsp3) is 0.226. The van der Waals surface area contributed by atoms with Crippen LogP contribution >= 0.6 is 11.3 Å². The maximum absolute atomic E-state index is 13.5. The molecular formula is C31H28N2O6S. The number of nitrogens with one attached hydrogen (secondary N) is 1. The van der Waals surface area contributed by atoms with Gasteiger partial charge in [-0.3, -0.25) is 4.79 Å². The third-order valence-electron chi connectivity index (χ3n) is 6.31. The van der Waals surface area contributed by atoms with Crippen LogP contribution in [-0.4, -0.2) is 43.0 Å². The molecule has 0 atom stereocenters. The highest BCUT2D eigenvalue weighted by molar-refractivity contribution is 7.14. The van der Waals surface area contributed by atoms with Crippen molar-refractivity contribution in [1.82, 2.24) is 4.98 Å². The van der Waals surface area contributed by atoms with Crippen LogP contribution in [-0.2, 0) is 20.7 Å². The molecular weight excluding hydrogens is 528 g/mol. The summed E-state index contributed by atoms with van der Waals surface area (Å²) in [5.74, 6) is -1.09. The van der Waals surface area contributed by atoms with Gasteiger partial charge in [-0.1, -0.05) is 42.5 Å². The van der Waals surface area contributed by atoms with Gasteiger partial charge in [-0.2, -0.15) is 5.26 Å². The number of esters is 2. The summed E-state index contributed by atoms with van der Waals surface area (Å²) in [6.45, 7) is 5.28. The van der Waals surface area contributed by atoms with Crippen molar-refractivity contribution in [3.05, 3.63) is 80.5 Å². The Labute approximate surface area is 235 Å². The quantitative estimate of drug-likeness (QED) is 0.139. The summed E-state index contributed by atoms with van der Waals surface area (Å²) in [6.07, 6.45) is 1.30. The number of methoxy groups -OCH3 is 1. The molecule has 0 spiro atoms. The lowest BCUT2D eigenvalue weighted by Crippen LogP contribution is -2.12. The highest BCUT2D eigenvalue weighted by Crippen LogP contribution is 2.37. The molecule has 0 saturated heterocycles. The van der Waals surface area contributed by atoms with E-state index >= 15 is 0 Å². The molecule has 0 saturated carbocycles. The molecule has 0 aliphatic heterocycles. The predicted molar refractivity (Wildman–Crippen MR) is 154 cm³/mol. The smallest absolute Gasteiger partial charge is 0.348 e. The fourth-order valence-corrected chi connectivity index (χ4v) is 5.67. The number of thiophene rings is 1. The summed E-state index contributed by atoms with van der Waals surface area (Å²) in [4.78, 5) is 42.8. The van der Waals surface area contributed by atoms with Crippen LogP contribution in [0.2, 0.25) is 0 Å². The van der Waals surface area contributed by atoms with Gasteiger partial charge in [-0.05, 0) is 44.0 Å². The number of ketones is 1. The minimum absolute atomic E-state index is 0.0977. The number of hydrogen-bond donors (Lipinski definition) is 1. The van der Waals surface area contributed by atoms with Crippen LogP contribution < -0.4 is 4.74 Å². The number of carbonyl (C=O) groups excluding carboxylic acids is 3. The largest absolute Gasteiger partial charge is 0.495 e. The number of nitriles is 1. The van der Waals surface area contributed by atoms with Gasteiger partial charge in [-0.25, -0.2) is 9.59 Å². The zero-order valence-corrected chi connectivity index (χ0v) is 23.4. The number of carbonyl (C=O) groups is 3. The molecule has 0 bridgehead atoms. The molecule has 1 N–H and O–H groups in total. The third-order valence-corrected chi connectivity index (χ3v) is 7.58. The van der Waals surface area contributed by atoms with E-state index in [1.54, 1.807) is 34.0 Å². The van der Waals surface area contributed by atoms with Crippen LogP contribution in [0.1, 0.15) is 49.9 Å². The van der Waals surface area contributed by atoms with Gasteiger partial charge in [0.25, 0.3) is 0 Å². The Morgan fingerprint density at radius 1 is 1.00 bits per heavy atom. The molecule has 204 valence electrons. The minimum atomic E-state index is -0.632. The van der Waals surface area contributed by atoms with Crippen LogP contribution in [0.25, 0.3) is 28.2 Å². The predicted octanol–water partition coefficient (Wildman–Crippen LogP) is 6.29. The molecule has 0 amide bonds. The van der Waals surface area contributed by atoms with Gasteiger partial charge in [0.1, 0.15) is 16.7 Å². The van der Waals surface area contributed by atoms with E-state index in [-0.39, 0.29) is 35.6 Å². The molecule has 4 rings (SSSR count). The van der Waals surface area contributed by atoms with E-state index in [1.807, 2.05) is 54.6 Å². The average Bonchev–Trinajstić information content (AvgIpc) is 3.49. The van der Waals surface area contributed by atoms with Crippen LogP contribution in [0.5, 0.6) is 5.75 Å². The standard InChI is InChI=1S/C31H28N2O6S/c1-5-38-30(35)26-18(3)29(31(36)39-6-2)40-25(26)16-23(34)20(17-32)15-22-21-13-10-14-24(37-4)28(21)33-27(22)19-11-8-7-9-12-19/h7-15,33H,5-6,16H2,1-4H3/b20-15+. The van der Waals surface area contributed by atoms with Gasteiger partial charge < -0.3 is 19.2 Å². The lowest BCUT2D eigenvalue weighted by atomic mass is 9.99. The highest BCUT2D eigenvalue weighted by Gasteiger charge is 2.28. The first-order chi connectivity index (χ1) is 19.3. The zero-order valence-electron chi connectivity index (χ0n) is 22.6. The summed E-state index contributed by atoms with van der Waals surface area (Å²) in [7, 11) is 1.58. The van der Waals surface area contributed by atoms with E-state index in [0.29, 0.717) is 21.8 Å². The number of nitrogens with zero attached hydrogens (tertiary/aromatic N) is 1. The monoisotopic (exact) mass is 556 g/mol. The molecule has 40 heavy (non-hydrogen) atoms. The summed E-state index contributed by atoms with van der Waals surface area (Å²) < 4.78 is 15.9. The van der Waals surface area contributed by atoms with Gasteiger partial charge in [0.15, 0.2) is 5.78 Å². The molecule has 0 unspecified atom stereocenters. The summed E-state index contributed by atoms with van der Waals surface area (Å²) in [6, 6.07) is 17.2. The van der Waals surface area contributed by atoms with E-state index < -0.39 is 17.7 Å². The number of ether oxygens (including phenoxy) is 3. The number of para-hydroxylation sites is 1. The number of allylic oxidation sites excluding steroid dienone is 1. The number of hydrogen-bond acceptors (Lipinski definition) is 8. The summed E-state index contributed by atoms with van der Waals surface area (Å²) >= 11 is 1.00. The lowest BCUT2D eigenvalue weighted by molar-refractivity contribution is -0.114. The Morgan fingerprint density at radius 2 is 1.70 bits per heavy atom. The molecule has 0 fully saturated rings. The number of aromatic nitrogens is 1. The number of Topliss-reactive ketones (excluding diaryl/α,β-unsaturated/α-hetero) is 1. The van der Waals surface area contributed by atoms with Crippen molar-refractivity contribution in [3.63, 3.8) is 0 Å². The van der Waals surface area contributed by atoms with Crippen LogP contribution in [0.4, 0.5) is 0 Å². The van der Waals surface area contributed by atoms with E-state index in [1.165, 1.54) is 0 Å². The second-order valence-electron chi connectivity index (χ2n) is 8.73. The molecule has 4 aromatic rings. The summed E-state index contributed by atoms with van der Waals surface area (Å²) in [5.41, 5.74) is 3.44. The number of benzene rings is 2. The topological polar surface area (TPSA) is 118 Å². The maximum atomic E-state index is 13.5. The fourth-order valence-electron chi connectivity index (χ4n) is 4.48. The van der Waals surface area contributed by atoms with Crippen molar-refractivity contribution < 1.29 is 28.6 Å². The highest BCUT2D eigenvalue weighted by atomic mass is 32.1. The van der Waals surface area contributed by atoms with Gasteiger partial charge in [0.2, 0.25) is 0 Å². The molecule has 8 nitrogen and oxygen atoms in total. The normalized spacial score (nSPS) is 11.2. The van der Waals surface area contributed by atoms with E-state index in [0.717, 1.165) is 33.5 Å². The average molecular weight is 557 g/mol. The molecule has 0 radical (unpaired) electrons. The Kier molecular flexibility index (Phi) is 8.82. The van der Waals surface area contributed by atoms with Crippen molar-refractivity contribution in [3.8, 4) is 23.1 Å². The van der Waals surface area contributed by atoms with Crippen molar-refractivity contribution in [2.75, 3.05) is 20.3 Å². The van der Waals surface area contributed by atoms with Crippen molar-refractivity contribution in [2.24, 2.45) is 0 Å². The van der Waals surface area contributed by atoms with E-state index in [4.69, 9.17) is 14.2 Å². The van der Waals surface area contributed by atoms with E-state index in [2.05, 4.69) is 4.98 Å². The number of aromatic amines is 1. The van der Waals surface area contributed by atoms with Crippen LogP contribution in [0.3, 0.4) is 0 Å². The molecule has 2 aromatic heterocycles.